The molecule has 2 aliphatic heterocycles. The summed E-state index contributed by atoms with van der Waals surface area (Å²) < 4.78 is 1.93. The number of amides is 1. The Hall–Kier alpha value is -5.42. The van der Waals surface area contributed by atoms with E-state index >= 15 is 0 Å². The summed E-state index contributed by atoms with van der Waals surface area (Å²) in [7, 11) is 0. The summed E-state index contributed by atoms with van der Waals surface area (Å²) in [5.41, 5.74) is 6.53. The van der Waals surface area contributed by atoms with E-state index in [2.05, 4.69) is 56.5 Å². The number of aryl methyl sites for hydroxylation is 1. The van der Waals surface area contributed by atoms with Crippen molar-refractivity contribution in [2.45, 2.75) is 77.2 Å². The number of aromatic nitrogens is 3. The van der Waals surface area contributed by atoms with Crippen LogP contribution < -0.4 is 15.5 Å². The van der Waals surface area contributed by atoms with Crippen molar-refractivity contribution in [1.82, 2.24) is 20.1 Å². The van der Waals surface area contributed by atoms with Gasteiger partial charge in [-0.15, -0.1) is 0 Å². The van der Waals surface area contributed by atoms with Gasteiger partial charge in [0.15, 0.2) is 17.3 Å². The second kappa shape index (κ2) is 16.2. The van der Waals surface area contributed by atoms with Crippen LogP contribution in [0, 0.1) is 17.3 Å². The lowest BCUT2D eigenvalue weighted by molar-refractivity contribution is -0.127. The standard InChI is InChI=1S/C45H47ClN6O5/c1-28-11-16-34(44(57)50-28)40-42(55)33-8-5-9-37(39(33)43(40)56)48-24-32(53)7-3-2-4-20-52-27-31(23-49-52)29-12-14-30(15-13-29)35-25-47-26-36(46)41(35)51-21-18-45(19-22-51)17-6-10-38(45)54/h5,8-9,12-15,23,25-27,34,40,48H,1-4,6-7,10-11,16-22,24H2,(H,50,57). The van der Waals surface area contributed by atoms with E-state index in [1.807, 2.05) is 23.3 Å². The van der Waals surface area contributed by atoms with Crippen LogP contribution in [-0.2, 0) is 20.9 Å². The maximum atomic E-state index is 13.4. The molecule has 294 valence electrons. The largest absolute Gasteiger partial charge is 0.377 e. The Labute approximate surface area is 337 Å². The number of piperidine rings is 2. The first kappa shape index (κ1) is 38.5. The van der Waals surface area contributed by atoms with Crippen molar-refractivity contribution in [3.63, 3.8) is 0 Å². The van der Waals surface area contributed by atoms with Crippen LogP contribution in [0.1, 0.15) is 91.3 Å². The summed E-state index contributed by atoms with van der Waals surface area (Å²) in [4.78, 5) is 71.5. The summed E-state index contributed by atoms with van der Waals surface area (Å²) >= 11 is 6.76. The van der Waals surface area contributed by atoms with Gasteiger partial charge >= 0.3 is 0 Å². The minimum atomic E-state index is -1.05. The third kappa shape index (κ3) is 7.69. The lowest BCUT2D eigenvalue weighted by Crippen LogP contribution is -2.42. The predicted octanol–water partition coefficient (Wildman–Crippen LogP) is 7.88. The minimum absolute atomic E-state index is 0.0153. The average Bonchev–Trinajstić information content (AvgIpc) is 3.90. The van der Waals surface area contributed by atoms with Crippen molar-refractivity contribution in [3.05, 3.63) is 95.7 Å². The van der Waals surface area contributed by atoms with Crippen LogP contribution >= 0.6 is 11.6 Å². The molecule has 2 N–H and O–H groups in total. The molecule has 1 saturated carbocycles. The quantitative estimate of drug-likeness (QED) is 0.102. The van der Waals surface area contributed by atoms with E-state index in [1.54, 1.807) is 24.4 Å². The number of anilines is 2. The van der Waals surface area contributed by atoms with Gasteiger partial charge in [-0.1, -0.05) is 61.0 Å². The number of hydrogen-bond donors (Lipinski definition) is 2. The van der Waals surface area contributed by atoms with Crippen LogP contribution in [0.15, 0.2) is 79.5 Å². The molecule has 0 radical (unpaired) electrons. The fourth-order valence-corrected chi connectivity index (χ4v) is 9.54. The SMILES string of the molecule is C=C1CCC(C2C(=O)c3cccc(NCC(=O)CCCCCn4cc(-c5ccc(-c6cncc(Cl)c6N6CCC7(CCCC7=O)CC6)cc5)cn4)c3C2=O)C(=O)N1. The van der Waals surface area contributed by atoms with Crippen molar-refractivity contribution in [2.75, 3.05) is 29.9 Å². The fraction of sp³-hybridized carbons (Fsp3) is 0.400. The molecule has 4 aromatic rings. The van der Waals surface area contributed by atoms with Crippen molar-refractivity contribution < 1.29 is 24.0 Å². The van der Waals surface area contributed by atoms with Crippen LogP contribution in [0.2, 0.25) is 5.02 Å². The molecule has 4 heterocycles. The number of halogens is 1. The fourth-order valence-electron chi connectivity index (χ4n) is 9.26. The van der Waals surface area contributed by atoms with Gasteiger partial charge in [-0.3, -0.25) is 33.6 Å². The van der Waals surface area contributed by atoms with Crippen molar-refractivity contribution >= 4 is 52.0 Å². The Bertz CT molecular complexity index is 2260. The third-order valence-corrected chi connectivity index (χ3v) is 12.8. The summed E-state index contributed by atoms with van der Waals surface area (Å²) in [6.07, 6.45) is 15.7. The number of hydrogen-bond acceptors (Lipinski definition) is 9. The first-order valence-electron chi connectivity index (χ1n) is 20.1. The lowest BCUT2D eigenvalue weighted by atomic mass is 9.76. The summed E-state index contributed by atoms with van der Waals surface area (Å²) in [6, 6.07) is 13.4. The number of nitrogens with zero attached hydrogens (tertiary/aromatic N) is 4. The molecule has 1 amide bonds. The molecule has 4 aliphatic rings. The Morgan fingerprint density at radius 3 is 2.44 bits per heavy atom. The van der Waals surface area contributed by atoms with Gasteiger partial charge in [0, 0.05) is 84.6 Å². The highest BCUT2D eigenvalue weighted by Crippen LogP contribution is 2.46. The van der Waals surface area contributed by atoms with Gasteiger partial charge in [-0.2, -0.15) is 5.10 Å². The topological polar surface area (TPSA) is 143 Å². The number of rotatable bonds is 13. The van der Waals surface area contributed by atoms with Crippen molar-refractivity contribution in [1.29, 1.82) is 0 Å². The van der Waals surface area contributed by atoms with Crippen LogP contribution in [0.25, 0.3) is 22.3 Å². The maximum absolute atomic E-state index is 13.4. The van der Waals surface area contributed by atoms with E-state index in [9.17, 15) is 24.0 Å². The molecule has 2 saturated heterocycles. The van der Waals surface area contributed by atoms with E-state index in [0.29, 0.717) is 53.4 Å². The first-order chi connectivity index (χ1) is 27.6. The molecule has 8 rings (SSSR count). The van der Waals surface area contributed by atoms with Gasteiger partial charge in [0.2, 0.25) is 5.91 Å². The van der Waals surface area contributed by atoms with Crippen molar-refractivity contribution in [3.8, 4) is 22.3 Å². The second-order valence-electron chi connectivity index (χ2n) is 16.0. The molecule has 1 spiro atoms. The smallest absolute Gasteiger partial charge is 0.228 e. The number of Topliss-reactive ketones (excluding diaryl/α,β-unsaturated/α-hetero) is 4. The molecule has 11 nitrogen and oxygen atoms in total. The van der Waals surface area contributed by atoms with Crippen LogP contribution in [0.5, 0.6) is 0 Å². The monoisotopic (exact) mass is 786 g/mol. The number of carbonyl (C=O) groups is 5. The average molecular weight is 787 g/mol. The second-order valence-corrected chi connectivity index (χ2v) is 16.4. The predicted molar refractivity (Wildman–Crippen MR) is 219 cm³/mol. The minimum Gasteiger partial charge on any atom is -0.377 e. The zero-order chi connectivity index (χ0) is 39.7. The molecular weight excluding hydrogens is 740 g/mol. The Kier molecular flexibility index (Phi) is 10.9. The Morgan fingerprint density at radius 2 is 1.68 bits per heavy atom. The molecule has 0 bridgehead atoms. The van der Waals surface area contributed by atoms with E-state index in [4.69, 9.17) is 11.6 Å². The molecule has 2 aromatic heterocycles. The number of benzene rings is 2. The van der Waals surface area contributed by atoms with E-state index in [0.717, 1.165) is 92.5 Å². The van der Waals surface area contributed by atoms with Gasteiger partial charge in [0.1, 0.15) is 5.78 Å². The number of ketones is 4. The molecule has 2 aliphatic carbocycles. The molecule has 12 heteroatoms. The van der Waals surface area contributed by atoms with E-state index < -0.39 is 11.8 Å². The van der Waals surface area contributed by atoms with Gasteiger partial charge in [0.05, 0.1) is 40.9 Å². The van der Waals surface area contributed by atoms with Crippen LogP contribution in [0.3, 0.4) is 0 Å². The zero-order valence-electron chi connectivity index (χ0n) is 32.0. The Balaban J connectivity index is 0.800. The molecule has 2 aromatic carbocycles. The first-order valence-corrected chi connectivity index (χ1v) is 20.5. The number of pyridine rings is 1. The van der Waals surface area contributed by atoms with E-state index in [1.165, 1.54) is 0 Å². The summed E-state index contributed by atoms with van der Waals surface area (Å²) in [5.74, 6) is -2.38. The van der Waals surface area contributed by atoms with Crippen molar-refractivity contribution in [2.24, 2.45) is 17.3 Å². The lowest BCUT2D eigenvalue weighted by Gasteiger charge is -2.40. The number of unbranched alkanes of at least 4 members (excludes halogenated alkanes) is 2. The highest BCUT2D eigenvalue weighted by atomic mass is 35.5. The summed E-state index contributed by atoms with van der Waals surface area (Å²) in [6.45, 7) is 6.17. The number of nitrogens with one attached hydrogen (secondary N) is 2. The highest BCUT2D eigenvalue weighted by Gasteiger charge is 2.48. The number of fused-ring (bicyclic) bond motifs is 1. The maximum Gasteiger partial charge on any atom is 0.228 e. The number of carbonyl (C=O) groups excluding carboxylic acids is 5. The molecular formula is C45H47ClN6O5. The number of allylic oxidation sites excluding steroid dienone is 1. The van der Waals surface area contributed by atoms with Gasteiger partial charge < -0.3 is 15.5 Å². The Morgan fingerprint density at radius 1 is 0.895 bits per heavy atom. The molecule has 57 heavy (non-hydrogen) atoms. The molecule has 3 fully saturated rings. The third-order valence-electron chi connectivity index (χ3n) is 12.5. The van der Waals surface area contributed by atoms with Gasteiger partial charge in [-0.05, 0) is 68.6 Å². The molecule has 2 atom stereocenters. The van der Waals surface area contributed by atoms with Gasteiger partial charge in [-0.25, -0.2) is 0 Å². The highest BCUT2D eigenvalue weighted by molar-refractivity contribution is 6.34. The zero-order valence-corrected chi connectivity index (χ0v) is 32.8. The molecule has 2 unspecified atom stereocenters. The van der Waals surface area contributed by atoms with E-state index in [-0.39, 0.29) is 40.8 Å². The van der Waals surface area contributed by atoms with Crippen LogP contribution in [-0.4, -0.2) is 63.4 Å². The summed E-state index contributed by atoms with van der Waals surface area (Å²) in [5, 5.41) is 11.0. The normalized spacial score (nSPS) is 20.3. The van der Waals surface area contributed by atoms with Gasteiger partial charge in [0.25, 0.3) is 0 Å². The van der Waals surface area contributed by atoms with Crippen LogP contribution in [0.4, 0.5) is 11.4 Å².